The summed E-state index contributed by atoms with van der Waals surface area (Å²) in [5, 5.41) is 9.25. The third-order valence-corrected chi connectivity index (χ3v) is 14.3. The van der Waals surface area contributed by atoms with Crippen LogP contribution in [0.3, 0.4) is 0 Å². The van der Waals surface area contributed by atoms with Crippen LogP contribution in [-0.4, -0.2) is 24.5 Å². The van der Waals surface area contributed by atoms with Gasteiger partial charge in [-0.3, -0.25) is 4.98 Å². The minimum absolute atomic E-state index is 0.914. The Morgan fingerprint density at radius 1 is 0.306 bits per heavy atom. The molecule has 0 radical (unpaired) electrons. The van der Waals surface area contributed by atoms with Crippen molar-refractivity contribution in [2.45, 2.75) is 53.4 Å². The van der Waals surface area contributed by atoms with E-state index in [9.17, 15) is 0 Å². The van der Waals surface area contributed by atoms with Crippen molar-refractivity contribution in [1.29, 1.82) is 0 Å². The maximum Gasteiger partial charge on any atom is 0.0708 e. The van der Waals surface area contributed by atoms with Gasteiger partial charge in [0.25, 0.3) is 0 Å². The van der Waals surface area contributed by atoms with Crippen LogP contribution >= 0.6 is 0 Å². The highest BCUT2D eigenvalue weighted by molar-refractivity contribution is 5.93. The summed E-state index contributed by atoms with van der Waals surface area (Å²) < 4.78 is 4.05. The van der Waals surface area contributed by atoms with Gasteiger partial charge in [0.15, 0.2) is 0 Å². The molecule has 5 heteroatoms. The molecule has 0 unspecified atom stereocenters. The number of rotatable bonds is 14. The zero-order valence-electron chi connectivity index (χ0n) is 41.4. The smallest absolute Gasteiger partial charge is 0.0708 e. The Bertz CT molecular complexity index is 3530. The Hall–Kier alpha value is -8.67. The molecule has 0 fully saturated rings. The number of nitrogens with zero attached hydrogens (tertiary/aromatic N) is 5. The van der Waals surface area contributed by atoms with Gasteiger partial charge < -0.3 is 0 Å². The Morgan fingerprint density at radius 2 is 0.764 bits per heavy atom. The van der Waals surface area contributed by atoms with Gasteiger partial charge in [0, 0.05) is 28.7 Å². The Kier molecular flexibility index (Phi) is 12.9. The van der Waals surface area contributed by atoms with E-state index in [0.29, 0.717) is 0 Å². The van der Waals surface area contributed by atoms with Gasteiger partial charge in [0.05, 0.1) is 29.5 Å². The van der Waals surface area contributed by atoms with Crippen LogP contribution in [0.4, 0.5) is 0 Å². The molecular formula is C67H57N5. The average molecular weight is 932 g/mol. The molecule has 0 N–H and O–H groups in total. The molecule has 5 nitrogen and oxygen atoms in total. The lowest BCUT2D eigenvalue weighted by atomic mass is 9.87. The van der Waals surface area contributed by atoms with Crippen molar-refractivity contribution in [3.63, 3.8) is 0 Å². The number of hydrogen-bond acceptors (Lipinski definition) is 3. The Balaban J connectivity index is 0.968. The molecule has 0 bridgehead atoms. The van der Waals surface area contributed by atoms with E-state index in [-0.39, 0.29) is 0 Å². The lowest BCUT2D eigenvalue weighted by molar-refractivity contribution is 0.843. The van der Waals surface area contributed by atoms with E-state index in [0.717, 1.165) is 70.6 Å². The van der Waals surface area contributed by atoms with Gasteiger partial charge in [-0.2, -0.15) is 10.2 Å². The molecule has 3 heterocycles. The monoisotopic (exact) mass is 931 g/mol. The summed E-state index contributed by atoms with van der Waals surface area (Å²) in [7, 11) is 0. The van der Waals surface area contributed by atoms with Gasteiger partial charge in [-0.15, -0.1) is 0 Å². The maximum absolute atomic E-state index is 5.26. The standard InChI is InChI=1S/C67H57N5/c1-46-43-69-71(48(46)3)61-34-26-50(27-35-61)22-24-52-38-53(25-23-51-28-36-62(37-29-51)72-49(4)47(2)44-70-72)40-60(39-52)63-20-11-12-21-64(63)66-45-68-67(59-19-13-18-58(41-59)55-16-9-6-10-17-55)42-65(66)57-32-30-56(31-33-57)54-14-7-5-8-15-54/h5-21,26-45H,22-25H2,1-4H3. The van der Waals surface area contributed by atoms with Crippen molar-refractivity contribution in [1.82, 2.24) is 24.5 Å². The lowest BCUT2D eigenvalue weighted by Crippen LogP contribution is -2.01. The average Bonchev–Trinajstić information content (AvgIpc) is 3.97. The van der Waals surface area contributed by atoms with Gasteiger partial charge in [-0.25, -0.2) is 9.36 Å². The van der Waals surface area contributed by atoms with Crippen molar-refractivity contribution in [3.8, 4) is 78.3 Å². The topological polar surface area (TPSA) is 48.5 Å². The van der Waals surface area contributed by atoms with Crippen LogP contribution in [0.1, 0.15) is 44.8 Å². The predicted octanol–water partition coefficient (Wildman–Crippen LogP) is 16.3. The van der Waals surface area contributed by atoms with Crippen LogP contribution < -0.4 is 0 Å². The SMILES string of the molecule is Cc1cnn(-c2ccc(CCc3cc(CCc4ccc(-n5ncc(C)c5C)cc4)cc(-c4ccccc4-c4cnc(-c5cccc(-c6ccccc6)c5)cc4-c4ccc(-c5ccccc5)cc4)c3)cc2)c1C. The van der Waals surface area contributed by atoms with Crippen LogP contribution in [0.15, 0.2) is 225 Å². The van der Waals surface area contributed by atoms with E-state index >= 15 is 0 Å². The van der Waals surface area contributed by atoms with Crippen LogP contribution in [-0.2, 0) is 25.7 Å². The zero-order chi connectivity index (χ0) is 49.0. The van der Waals surface area contributed by atoms with Gasteiger partial charge in [0.1, 0.15) is 0 Å². The summed E-state index contributed by atoms with van der Waals surface area (Å²) in [6.45, 7) is 8.46. The summed E-state index contributed by atoms with van der Waals surface area (Å²) in [4.78, 5) is 5.26. The molecule has 0 aliphatic heterocycles. The van der Waals surface area contributed by atoms with Crippen LogP contribution in [0, 0.1) is 27.7 Å². The number of aromatic nitrogens is 5. The number of hydrogen-bond donors (Lipinski definition) is 0. The van der Waals surface area contributed by atoms with Crippen LogP contribution in [0.25, 0.3) is 78.3 Å². The van der Waals surface area contributed by atoms with Crippen molar-refractivity contribution in [3.05, 3.63) is 270 Å². The fourth-order valence-corrected chi connectivity index (χ4v) is 9.89. The molecular weight excluding hydrogens is 875 g/mol. The van der Waals surface area contributed by atoms with Gasteiger partial charge in [0.2, 0.25) is 0 Å². The number of benzene rings is 8. The Labute approximate surface area is 423 Å². The second-order valence-corrected chi connectivity index (χ2v) is 19.1. The molecule has 350 valence electrons. The second-order valence-electron chi connectivity index (χ2n) is 19.1. The molecule has 0 spiro atoms. The van der Waals surface area contributed by atoms with Gasteiger partial charge in [-0.05, 0) is 173 Å². The summed E-state index contributed by atoms with van der Waals surface area (Å²) in [6, 6.07) is 75.2. The largest absolute Gasteiger partial charge is 0.256 e. The molecule has 0 aliphatic carbocycles. The van der Waals surface area contributed by atoms with E-state index < -0.39 is 0 Å². The van der Waals surface area contributed by atoms with Gasteiger partial charge >= 0.3 is 0 Å². The van der Waals surface area contributed by atoms with Crippen molar-refractivity contribution in [2.75, 3.05) is 0 Å². The fraction of sp³-hybridized carbons (Fsp3) is 0.119. The first kappa shape index (κ1) is 45.8. The molecule has 0 amide bonds. The lowest BCUT2D eigenvalue weighted by Gasteiger charge is -2.18. The third kappa shape index (κ3) is 9.75. The van der Waals surface area contributed by atoms with Crippen molar-refractivity contribution >= 4 is 0 Å². The summed E-state index contributed by atoms with van der Waals surface area (Å²) in [5.41, 5.74) is 25.8. The molecule has 11 rings (SSSR count). The number of pyridine rings is 1. The highest BCUT2D eigenvalue weighted by Crippen LogP contribution is 2.41. The van der Waals surface area contributed by atoms with Crippen molar-refractivity contribution in [2.24, 2.45) is 0 Å². The normalized spacial score (nSPS) is 11.3. The summed E-state index contributed by atoms with van der Waals surface area (Å²) in [5.74, 6) is 0. The summed E-state index contributed by atoms with van der Waals surface area (Å²) >= 11 is 0. The first-order chi connectivity index (χ1) is 35.3. The molecule has 0 saturated carbocycles. The minimum Gasteiger partial charge on any atom is -0.256 e. The van der Waals surface area contributed by atoms with Crippen LogP contribution in [0.2, 0.25) is 0 Å². The molecule has 3 aromatic heterocycles. The molecule has 0 atom stereocenters. The summed E-state index contributed by atoms with van der Waals surface area (Å²) in [6.07, 6.45) is 9.65. The zero-order valence-corrected chi connectivity index (χ0v) is 41.4. The van der Waals surface area contributed by atoms with Crippen molar-refractivity contribution < 1.29 is 0 Å². The van der Waals surface area contributed by atoms with E-state index in [2.05, 4.69) is 250 Å². The first-order valence-electron chi connectivity index (χ1n) is 25.1. The fourth-order valence-electron chi connectivity index (χ4n) is 9.89. The minimum atomic E-state index is 0.914. The molecule has 72 heavy (non-hydrogen) atoms. The van der Waals surface area contributed by atoms with E-state index in [1.54, 1.807) is 0 Å². The molecule has 0 saturated heterocycles. The molecule has 8 aromatic carbocycles. The van der Waals surface area contributed by atoms with E-state index in [1.807, 2.05) is 21.8 Å². The van der Waals surface area contributed by atoms with E-state index in [1.165, 1.54) is 78.1 Å². The Morgan fingerprint density at radius 3 is 1.31 bits per heavy atom. The van der Waals surface area contributed by atoms with Crippen LogP contribution in [0.5, 0.6) is 0 Å². The van der Waals surface area contributed by atoms with Gasteiger partial charge in [-0.1, -0.05) is 170 Å². The van der Waals surface area contributed by atoms with E-state index in [4.69, 9.17) is 4.98 Å². The quantitative estimate of drug-likeness (QED) is 0.109. The highest BCUT2D eigenvalue weighted by Gasteiger charge is 2.18. The highest BCUT2D eigenvalue weighted by atomic mass is 15.3. The second kappa shape index (κ2) is 20.4. The number of aryl methyl sites for hydroxylation is 6. The maximum atomic E-state index is 5.26. The first-order valence-corrected chi connectivity index (χ1v) is 25.1. The predicted molar refractivity (Wildman–Crippen MR) is 298 cm³/mol. The molecule has 11 aromatic rings. The third-order valence-electron chi connectivity index (χ3n) is 14.3. The molecule has 0 aliphatic rings.